The van der Waals surface area contributed by atoms with Gasteiger partial charge in [0.25, 0.3) is 0 Å². The quantitative estimate of drug-likeness (QED) is 0.680. The van der Waals surface area contributed by atoms with E-state index in [-0.39, 0.29) is 0 Å². The van der Waals surface area contributed by atoms with Crippen LogP contribution in [0.2, 0.25) is 0 Å². The van der Waals surface area contributed by atoms with Crippen molar-refractivity contribution in [1.29, 1.82) is 0 Å². The monoisotopic (exact) mass is 291 g/mol. The second-order valence-electron chi connectivity index (χ2n) is 4.95. The molecule has 0 spiro atoms. The van der Waals surface area contributed by atoms with Crippen LogP contribution < -0.4 is 9.80 Å². The first-order valence-electron chi connectivity index (χ1n) is 7.14. The zero-order chi connectivity index (χ0) is 15.2. The Morgan fingerprint density at radius 1 is 0.682 bits per heavy atom. The van der Waals surface area contributed by atoms with Crippen LogP contribution in [0.5, 0.6) is 11.5 Å². The summed E-state index contributed by atoms with van der Waals surface area (Å²) in [6.07, 6.45) is 0. The van der Waals surface area contributed by atoms with E-state index in [0.717, 1.165) is 22.7 Å². The van der Waals surface area contributed by atoms with E-state index in [1.54, 1.807) is 0 Å². The van der Waals surface area contributed by atoms with Crippen LogP contribution in [0.4, 0.5) is 5.69 Å². The lowest BCUT2D eigenvalue weighted by molar-refractivity contribution is 0.250. The SMILES string of the molecule is ON(Cc1ccccc1)c1ccc(Oc2ccccc2)cc1. The van der Waals surface area contributed by atoms with Crippen molar-refractivity contribution in [3.63, 3.8) is 0 Å². The normalized spacial score (nSPS) is 10.2. The highest BCUT2D eigenvalue weighted by Crippen LogP contribution is 2.24. The predicted molar refractivity (Wildman–Crippen MR) is 87.4 cm³/mol. The van der Waals surface area contributed by atoms with E-state index >= 15 is 0 Å². The Kier molecular flexibility index (Phi) is 4.37. The number of hydroxylamine groups is 1. The molecule has 110 valence electrons. The van der Waals surface area contributed by atoms with Gasteiger partial charge in [-0.1, -0.05) is 48.5 Å². The second-order valence-corrected chi connectivity index (χ2v) is 4.95. The third-order valence-electron chi connectivity index (χ3n) is 3.29. The molecule has 0 aromatic heterocycles. The number of ether oxygens (including phenoxy) is 1. The Balaban J connectivity index is 1.66. The molecule has 0 amide bonds. The number of rotatable bonds is 5. The molecule has 1 N–H and O–H groups in total. The molecular weight excluding hydrogens is 274 g/mol. The molecule has 3 heteroatoms. The Hall–Kier alpha value is -2.78. The maximum Gasteiger partial charge on any atom is 0.127 e. The van der Waals surface area contributed by atoms with Crippen LogP contribution in [0.25, 0.3) is 0 Å². The Bertz CT molecular complexity index is 697. The van der Waals surface area contributed by atoms with Crippen molar-refractivity contribution in [3.8, 4) is 11.5 Å². The van der Waals surface area contributed by atoms with Gasteiger partial charge >= 0.3 is 0 Å². The van der Waals surface area contributed by atoms with Crippen LogP contribution in [0.15, 0.2) is 84.9 Å². The number of nitrogens with zero attached hydrogens (tertiary/aromatic N) is 1. The second kappa shape index (κ2) is 6.78. The van der Waals surface area contributed by atoms with Crippen molar-refractivity contribution in [2.75, 3.05) is 5.06 Å². The molecule has 3 aromatic carbocycles. The van der Waals surface area contributed by atoms with Gasteiger partial charge in [-0.05, 0) is 42.0 Å². The highest BCUT2D eigenvalue weighted by molar-refractivity contribution is 5.48. The van der Waals surface area contributed by atoms with Gasteiger partial charge in [0.05, 0.1) is 12.2 Å². The lowest BCUT2D eigenvalue weighted by atomic mass is 10.2. The van der Waals surface area contributed by atoms with Crippen molar-refractivity contribution in [3.05, 3.63) is 90.5 Å². The van der Waals surface area contributed by atoms with Gasteiger partial charge in [-0.25, -0.2) is 0 Å². The van der Waals surface area contributed by atoms with Gasteiger partial charge in [-0.15, -0.1) is 0 Å². The van der Waals surface area contributed by atoms with E-state index < -0.39 is 0 Å². The molecule has 0 heterocycles. The summed E-state index contributed by atoms with van der Waals surface area (Å²) < 4.78 is 5.73. The molecule has 0 fully saturated rings. The molecule has 0 aliphatic rings. The van der Waals surface area contributed by atoms with Crippen molar-refractivity contribution in [2.24, 2.45) is 0 Å². The highest BCUT2D eigenvalue weighted by atomic mass is 16.5. The first-order chi connectivity index (χ1) is 10.8. The van der Waals surface area contributed by atoms with E-state index in [1.165, 1.54) is 5.06 Å². The van der Waals surface area contributed by atoms with E-state index in [4.69, 9.17) is 4.74 Å². The summed E-state index contributed by atoms with van der Waals surface area (Å²) in [4.78, 5) is 0. The van der Waals surface area contributed by atoms with Crippen LogP contribution in [0, 0.1) is 0 Å². The Morgan fingerprint density at radius 3 is 1.86 bits per heavy atom. The van der Waals surface area contributed by atoms with E-state index in [2.05, 4.69) is 0 Å². The molecule has 0 atom stereocenters. The number of hydrogen-bond acceptors (Lipinski definition) is 3. The van der Waals surface area contributed by atoms with Crippen LogP contribution in [-0.4, -0.2) is 5.21 Å². The minimum atomic E-state index is 0.444. The maximum absolute atomic E-state index is 10.1. The van der Waals surface area contributed by atoms with Gasteiger partial charge in [0.1, 0.15) is 11.5 Å². The molecule has 0 unspecified atom stereocenters. The summed E-state index contributed by atoms with van der Waals surface area (Å²) in [5.41, 5.74) is 1.78. The third-order valence-corrected chi connectivity index (χ3v) is 3.29. The molecule has 0 aliphatic carbocycles. The molecule has 22 heavy (non-hydrogen) atoms. The minimum absolute atomic E-state index is 0.444. The van der Waals surface area contributed by atoms with Gasteiger partial charge in [-0.2, -0.15) is 0 Å². The fourth-order valence-corrected chi connectivity index (χ4v) is 2.16. The van der Waals surface area contributed by atoms with Crippen molar-refractivity contribution in [2.45, 2.75) is 6.54 Å². The van der Waals surface area contributed by atoms with Crippen LogP contribution in [0.1, 0.15) is 5.56 Å². The fourth-order valence-electron chi connectivity index (χ4n) is 2.16. The minimum Gasteiger partial charge on any atom is -0.457 e. The van der Waals surface area contributed by atoms with Crippen molar-refractivity contribution >= 4 is 5.69 Å². The summed E-state index contributed by atoms with van der Waals surface area (Å²) in [7, 11) is 0. The van der Waals surface area contributed by atoms with Gasteiger partial charge in [-0.3, -0.25) is 10.3 Å². The zero-order valence-corrected chi connectivity index (χ0v) is 12.1. The van der Waals surface area contributed by atoms with Gasteiger partial charge in [0.2, 0.25) is 0 Å². The molecule has 0 saturated heterocycles. The lowest BCUT2D eigenvalue weighted by Gasteiger charge is -2.17. The molecule has 0 saturated carbocycles. The summed E-state index contributed by atoms with van der Waals surface area (Å²) in [6.45, 7) is 0.444. The topological polar surface area (TPSA) is 32.7 Å². The van der Waals surface area contributed by atoms with Crippen LogP contribution in [0.3, 0.4) is 0 Å². The Labute approximate surface area is 130 Å². The number of benzene rings is 3. The molecular formula is C19H17NO2. The van der Waals surface area contributed by atoms with Gasteiger partial charge in [0.15, 0.2) is 0 Å². The third kappa shape index (κ3) is 3.65. The summed E-state index contributed by atoms with van der Waals surface area (Å²) in [6, 6.07) is 26.8. The van der Waals surface area contributed by atoms with Gasteiger partial charge in [0, 0.05) is 0 Å². The lowest BCUT2D eigenvalue weighted by Crippen LogP contribution is -2.16. The van der Waals surface area contributed by atoms with Crippen molar-refractivity contribution < 1.29 is 9.94 Å². The molecule has 0 aliphatic heterocycles. The summed E-state index contributed by atoms with van der Waals surface area (Å²) in [5, 5.41) is 11.4. The fraction of sp³-hybridized carbons (Fsp3) is 0.0526. The molecule has 0 bridgehead atoms. The molecule has 3 rings (SSSR count). The van der Waals surface area contributed by atoms with E-state index in [1.807, 2.05) is 84.9 Å². The van der Waals surface area contributed by atoms with Crippen LogP contribution >= 0.6 is 0 Å². The number of hydrogen-bond donors (Lipinski definition) is 1. The van der Waals surface area contributed by atoms with Gasteiger partial charge < -0.3 is 4.74 Å². The zero-order valence-electron chi connectivity index (χ0n) is 12.1. The van der Waals surface area contributed by atoms with E-state index in [0.29, 0.717) is 6.54 Å². The standard InChI is InChI=1S/C19H17NO2/c21-20(15-16-7-3-1-4-8-16)17-11-13-19(14-12-17)22-18-9-5-2-6-10-18/h1-14,21H,15H2. The summed E-state index contributed by atoms with van der Waals surface area (Å²) >= 11 is 0. The van der Waals surface area contributed by atoms with E-state index in [9.17, 15) is 5.21 Å². The highest BCUT2D eigenvalue weighted by Gasteiger charge is 2.04. The number of anilines is 1. The molecule has 0 radical (unpaired) electrons. The number of para-hydroxylation sites is 1. The smallest absolute Gasteiger partial charge is 0.127 e. The Morgan fingerprint density at radius 2 is 1.23 bits per heavy atom. The summed E-state index contributed by atoms with van der Waals surface area (Å²) in [5.74, 6) is 1.53. The predicted octanol–water partition coefficient (Wildman–Crippen LogP) is 4.87. The average molecular weight is 291 g/mol. The van der Waals surface area contributed by atoms with Crippen molar-refractivity contribution in [1.82, 2.24) is 0 Å². The maximum atomic E-state index is 10.1. The van der Waals surface area contributed by atoms with Crippen LogP contribution in [-0.2, 0) is 6.54 Å². The molecule has 3 aromatic rings. The molecule has 3 nitrogen and oxygen atoms in total. The first kappa shape index (κ1) is 14.2. The first-order valence-corrected chi connectivity index (χ1v) is 7.14. The largest absolute Gasteiger partial charge is 0.457 e. The average Bonchev–Trinajstić information content (AvgIpc) is 2.57.